The van der Waals surface area contributed by atoms with Gasteiger partial charge in [0.2, 0.25) is 5.91 Å². The van der Waals surface area contributed by atoms with Crippen molar-refractivity contribution in [1.29, 1.82) is 0 Å². The zero-order valence-corrected chi connectivity index (χ0v) is 16.2. The number of rotatable bonds is 5. The van der Waals surface area contributed by atoms with Crippen molar-refractivity contribution in [2.45, 2.75) is 37.6 Å². The van der Waals surface area contributed by atoms with Crippen LogP contribution in [0, 0.1) is 12.7 Å². The highest BCUT2D eigenvalue weighted by Crippen LogP contribution is 2.25. The van der Waals surface area contributed by atoms with Gasteiger partial charge in [0.05, 0.1) is 11.9 Å². The van der Waals surface area contributed by atoms with E-state index in [0.29, 0.717) is 20.9 Å². The molecule has 136 valence electrons. The summed E-state index contributed by atoms with van der Waals surface area (Å²) in [5.74, 6) is -0.807. The van der Waals surface area contributed by atoms with Crippen molar-refractivity contribution >= 4 is 39.2 Å². The van der Waals surface area contributed by atoms with Gasteiger partial charge in [-0.3, -0.25) is 15.0 Å². The van der Waals surface area contributed by atoms with E-state index in [1.807, 2.05) is 26.2 Å². The molecule has 2 heterocycles. The Morgan fingerprint density at radius 1 is 1.42 bits per heavy atom. The average molecular weight is 391 g/mol. The van der Waals surface area contributed by atoms with Crippen LogP contribution >= 0.6 is 23.1 Å². The Balaban J connectivity index is 1.96. The van der Waals surface area contributed by atoms with E-state index in [1.165, 1.54) is 39.9 Å². The van der Waals surface area contributed by atoms with Crippen molar-refractivity contribution in [3.05, 3.63) is 56.9 Å². The molecule has 0 radical (unpaired) electrons. The molecule has 5 nitrogen and oxygen atoms in total. The van der Waals surface area contributed by atoms with Gasteiger partial charge in [0, 0.05) is 5.25 Å². The Hall–Kier alpha value is -2.19. The Labute approximate surface area is 158 Å². The lowest BCUT2D eigenvalue weighted by atomic mass is 10.1. The number of aryl methyl sites for hydroxylation is 1. The van der Waals surface area contributed by atoms with Crippen LogP contribution in [0.4, 0.5) is 4.39 Å². The third kappa shape index (κ3) is 3.96. The minimum absolute atomic E-state index is 0.0303. The number of carbonyl (C=O) groups is 1. The second kappa shape index (κ2) is 7.59. The molecular formula is C18H18FN3O2S2. The van der Waals surface area contributed by atoms with Gasteiger partial charge in [-0.05, 0) is 35.6 Å². The number of hydrogen-bond acceptors (Lipinski definition) is 5. The fourth-order valence-corrected chi connectivity index (χ4v) is 4.16. The molecule has 26 heavy (non-hydrogen) atoms. The molecule has 0 aliphatic heterocycles. The van der Waals surface area contributed by atoms with Gasteiger partial charge in [0.1, 0.15) is 10.5 Å². The van der Waals surface area contributed by atoms with Gasteiger partial charge in [-0.15, -0.1) is 11.3 Å². The number of nitrogens with one attached hydrogen (secondary N) is 1. The zero-order chi connectivity index (χ0) is 18.8. The number of thioether (sulfide) groups is 1. The minimum atomic E-state index is -0.405. The second-order valence-corrected chi connectivity index (χ2v) is 8.56. The van der Waals surface area contributed by atoms with Crippen molar-refractivity contribution in [3.8, 4) is 0 Å². The first-order valence-corrected chi connectivity index (χ1v) is 9.83. The average Bonchev–Trinajstić information content (AvgIpc) is 2.92. The van der Waals surface area contributed by atoms with Gasteiger partial charge >= 0.3 is 0 Å². The number of halogens is 1. The van der Waals surface area contributed by atoms with Crippen LogP contribution in [0.3, 0.4) is 0 Å². The molecule has 8 heteroatoms. The first-order valence-electron chi connectivity index (χ1n) is 8.07. The van der Waals surface area contributed by atoms with Crippen LogP contribution in [-0.4, -0.2) is 20.8 Å². The van der Waals surface area contributed by atoms with Crippen molar-refractivity contribution in [1.82, 2.24) is 9.66 Å². The predicted octanol–water partition coefficient (Wildman–Crippen LogP) is 3.72. The van der Waals surface area contributed by atoms with Gasteiger partial charge in [0.25, 0.3) is 5.56 Å². The van der Waals surface area contributed by atoms with Crippen molar-refractivity contribution in [3.63, 3.8) is 0 Å². The molecule has 3 aromatic rings. The topological polar surface area (TPSA) is 64.0 Å². The van der Waals surface area contributed by atoms with E-state index in [0.717, 1.165) is 5.56 Å². The molecule has 0 aliphatic rings. The fraction of sp³-hybridized carbons (Fsp3) is 0.278. The number of aromatic nitrogens is 2. The third-order valence-corrected chi connectivity index (χ3v) is 5.60. The second-order valence-electron chi connectivity index (χ2n) is 6.14. The lowest BCUT2D eigenvalue weighted by Crippen LogP contribution is -2.35. The van der Waals surface area contributed by atoms with Crippen LogP contribution in [-0.2, 0) is 11.2 Å². The summed E-state index contributed by atoms with van der Waals surface area (Å²) < 4.78 is 15.0. The number of thiophene rings is 1. The first kappa shape index (κ1) is 18.6. The Bertz CT molecular complexity index is 1030. The normalized spacial score (nSPS) is 11.3. The van der Waals surface area contributed by atoms with E-state index in [4.69, 9.17) is 0 Å². The van der Waals surface area contributed by atoms with Crippen LogP contribution < -0.4 is 11.0 Å². The molecule has 1 aromatic carbocycles. The van der Waals surface area contributed by atoms with Crippen molar-refractivity contribution < 1.29 is 9.18 Å². The standard InChI is InChI=1S/C18H18FN3O2S2/c1-10(2)26-18-20-15-11(3)9-25-16(15)17(24)22(18)21-14(23)8-12-5-4-6-13(19)7-12/h4-7,9-10H,8H2,1-3H3,(H,21,23). The molecule has 0 spiro atoms. The van der Waals surface area contributed by atoms with Crippen molar-refractivity contribution in [2.75, 3.05) is 5.43 Å². The Morgan fingerprint density at radius 2 is 2.19 bits per heavy atom. The van der Waals surface area contributed by atoms with E-state index >= 15 is 0 Å². The van der Waals surface area contributed by atoms with Crippen LogP contribution in [0.2, 0.25) is 0 Å². The number of nitrogens with zero attached hydrogens (tertiary/aromatic N) is 2. The largest absolute Gasteiger partial charge is 0.291 e. The maximum Gasteiger partial charge on any atom is 0.291 e. The number of carbonyl (C=O) groups excluding carboxylic acids is 1. The van der Waals surface area contributed by atoms with Crippen LogP contribution in [0.1, 0.15) is 25.0 Å². The van der Waals surface area contributed by atoms with Gasteiger partial charge in [-0.2, -0.15) is 4.68 Å². The maximum atomic E-state index is 13.3. The van der Waals surface area contributed by atoms with Crippen LogP contribution in [0.5, 0.6) is 0 Å². The molecule has 0 saturated carbocycles. The zero-order valence-electron chi connectivity index (χ0n) is 14.6. The summed E-state index contributed by atoms with van der Waals surface area (Å²) in [4.78, 5) is 29.8. The van der Waals surface area contributed by atoms with E-state index in [2.05, 4.69) is 10.4 Å². The third-order valence-electron chi connectivity index (χ3n) is 3.57. The molecule has 0 unspecified atom stereocenters. The summed E-state index contributed by atoms with van der Waals surface area (Å²) in [7, 11) is 0. The number of fused-ring (bicyclic) bond motifs is 1. The molecule has 0 bridgehead atoms. The molecule has 1 amide bonds. The quantitative estimate of drug-likeness (QED) is 0.532. The number of benzene rings is 1. The summed E-state index contributed by atoms with van der Waals surface area (Å²) in [6, 6.07) is 5.84. The number of hydrogen-bond donors (Lipinski definition) is 1. The van der Waals surface area contributed by atoms with E-state index < -0.39 is 11.7 Å². The van der Waals surface area contributed by atoms with Gasteiger partial charge in [-0.1, -0.05) is 37.7 Å². The first-order chi connectivity index (χ1) is 12.3. The maximum absolute atomic E-state index is 13.3. The van der Waals surface area contributed by atoms with Crippen molar-refractivity contribution in [2.24, 2.45) is 0 Å². The van der Waals surface area contributed by atoms with Gasteiger partial charge in [0.15, 0.2) is 5.16 Å². The van der Waals surface area contributed by atoms with Gasteiger partial charge in [-0.25, -0.2) is 9.37 Å². The van der Waals surface area contributed by atoms with Crippen LogP contribution in [0.25, 0.3) is 10.2 Å². The predicted molar refractivity (Wildman–Crippen MR) is 104 cm³/mol. The monoisotopic (exact) mass is 391 g/mol. The van der Waals surface area contributed by atoms with Gasteiger partial charge < -0.3 is 0 Å². The highest BCUT2D eigenvalue weighted by Gasteiger charge is 2.17. The molecule has 0 atom stereocenters. The Kier molecular flexibility index (Phi) is 5.43. The van der Waals surface area contributed by atoms with E-state index in [9.17, 15) is 14.0 Å². The highest BCUT2D eigenvalue weighted by molar-refractivity contribution is 7.99. The summed E-state index contributed by atoms with van der Waals surface area (Å²) in [5, 5.41) is 2.50. The summed E-state index contributed by atoms with van der Waals surface area (Å²) in [6.45, 7) is 5.88. The minimum Gasteiger partial charge on any atom is -0.273 e. The molecule has 1 N–H and O–H groups in total. The lowest BCUT2D eigenvalue weighted by Gasteiger charge is -2.14. The number of amides is 1. The summed E-state index contributed by atoms with van der Waals surface area (Å²) in [5.41, 5.74) is 4.46. The fourth-order valence-electron chi connectivity index (χ4n) is 2.45. The highest BCUT2D eigenvalue weighted by atomic mass is 32.2. The smallest absolute Gasteiger partial charge is 0.273 e. The molecule has 0 saturated heterocycles. The SMILES string of the molecule is Cc1csc2c(=O)n(NC(=O)Cc3cccc(F)c3)c(SC(C)C)nc12. The van der Waals surface area contributed by atoms with E-state index in [1.54, 1.807) is 12.1 Å². The lowest BCUT2D eigenvalue weighted by molar-refractivity contribution is -0.116. The summed E-state index contributed by atoms with van der Waals surface area (Å²) in [6.07, 6.45) is -0.0303. The Morgan fingerprint density at radius 3 is 2.88 bits per heavy atom. The molecular weight excluding hydrogens is 373 g/mol. The molecule has 2 aromatic heterocycles. The van der Waals surface area contributed by atoms with E-state index in [-0.39, 0.29) is 17.2 Å². The molecule has 0 aliphatic carbocycles. The van der Waals surface area contributed by atoms with Crippen LogP contribution in [0.15, 0.2) is 39.6 Å². The summed E-state index contributed by atoms with van der Waals surface area (Å²) >= 11 is 2.71. The molecule has 0 fully saturated rings. The molecule has 3 rings (SSSR count).